The van der Waals surface area contributed by atoms with Crippen LogP contribution in [-0.4, -0.2) is 31.8 Å². The molecule has 0 heterocycles. The maximum atomic E-state index is 13.0. The minimum atomic E-state index is -0.436. The molecule has 0 atom stereocenters. The van der Waals surface area contributed by atoms with E-state index in [0.717, 1.165) is 0 Å². The summed E-state index contributed by atoms with van der Waals surface area (Å²) < 4.78 is 15.5. The van der Waals surface area contributed by atoms with Crippen molar-refractivity contribution in [1.82, 2.24) is 0 Å². The third-order valence-corrected chi connectivity index (χ3v) is 4.01. The van der Waals surface area contributed by atoms with Crippen molar-refractivity contribution >= 4 is 17.5 Å². The number of ketones is 2. The number of benzene rings is 2. The Hall–Kier alpha value is -3.15. The van der Waals surface area contributed by atoms with Crippen LogP contribution in [0.4, 0.5) is 0 Å². The first kappa shape index (κ1) is 16.7. The molecule has 1 aliphatic carbocycles. The maximum absolute atomic E-state index is 13.0. The molecule has 0 aromatic heterocycles. The van der Waals surface area contributed by atoms with Crippen molar-refractivity contribution in [3.63, 3.8) is 0 Å². The van der Waals surface area contributed by atoms with Crippen LogP contribution in [-0.2, 0) is 16.1 Å². The molecular formula is C19H16O6. The number of carbonyl (C=O) groups is 3. The molecule has 0 saturated carbocycles. The summed E-state index contributed by atoms with van der Waals surface area (Å²) in [5, 5.41) is 0. The van der Waals surface area contributed by atoms with E-state index in [-0.39, 0.29) is 46.2 Å². The number of ether oxygens (including phenoxy) is 3. The van der Waals surface area contributed by atoms with Gasteiger partial charge in [-0.3, -0.25) is 14.4 Å². The second kappa shape index (κ2) is 6.39. The third-order valence-electron chi connectivity index (χ3n) is 4.01. The molecule has 3 rings (SSSR count). The van der Waals surface area contributed by atoms with Crippen LogP contribution < -0.4 is 9.47 Å². The van der Waals surface area contributed by atoms with Crippen LogP contribution in [0.1, 0.15) is 44.3 Å². The molecule has 25 heavy (non-hydrogen) atoms. The summed E-state index contributed by atoms with van der Waals surface area (Å²) in [6.07, 6.45) is 0. The molecule has 2 aromatic carbocycles. The largest absolute Gasteiger partial charge is 0.496 e. The van der Waals surface area contributed by atoms with Gasteiger partial charge in [-0.05, 0) is 23.8 Å². The summed E-state index contributed by atoms with van der Waals surface area (Å²) in [5.74, 6) is -0.472. The average Bonchev–Trinajstić information content (AvgIpc) is 2.62. The van der Waals surface area contributed by atoms with E-state index in [1.807, 2.05) is 0 Å². The molecule has 0 spiro atoms. The zero-order chi connectivity index (χ0) is 18.1. The lowest BCUT2D eigenvalue weighted by atomic mass is 9.82. The standard InChI is InChI=1S/C19H16O6/c1-10(20)25-9-11-7-13-17(15(8-11)24-3)19(22)16-12(18(13)21)5-4-6-14(16)23-2/h4-8H,9H2,1-3H3. The number of carbonyl (C=O) groups excluding carboxylic acids is 3. The Morgan fingerprint density at radius 3 is 2.24 bits per heavy atom. The lowest BCUT2D eigenvalue weighted by Gasteiger charge is -2.22. The van der Waals surface area contributed by atoms with E-state index in [4.69, 9.17) is 14.2 Å². The Kier molecular flexibility index (Phi) is 4.27. The fraction of sp³-hybridized carbons (Fsp3) is 0.211. The van der Waals surface area contributed by atoms with Gasteiger partial charge < -0.3 is 14.2 Å². The molecule has 0 saturated heterocycles. The van der Waals surface area contributed by atoms with Crippen LogP contribution in [0, 0.1) is 0 Å². The fourth-order valence-electron chi connectivity index (χ4n) is 2.91. The Morgan fingerprint density at radius 1 is 0.920 bits per heavy atom. The quantitative estimate of drug-likeness (QED) is 0.679. The molecule has 0 bridgehead atoms. The topological polar surface area (TPSA) is 78.9 Å². The average molecular weight is 340 g/mol. The van der Waals surface area contributed by atoms with Gasteiger partial charge in [0.1, 0.15) is 18.1 Å². The molecule has 2 aromatic rings. The van der Waals surface area contributed by atoms with Gasteiger partial charge in [0.15, 0.2) is 5.78 Å². The van der Waals surface area contributed by atoms with Crippen LogP contribution in [0.3, 0.4) is 0 Å². The van der Waals surface area contributed by atoms with Gasteiger partial charge in [0.25, 0.3) is 0 Å². The summed E-state index contributed by atoms with van der Waals surface area (Å²) in [6, 6.07) is 8.04. The molecule has 1 aliphatic rings. The van der Waals surface area contributed by atoms with Crippen molar-refractivity contribution < 1.29 is 28.6 Å². The number of fused-ring (bicyclic) bond motifs is 2. The Morgan fingerprint density at radius 2 is 1.60 bits per heavy atom. The number of hydrogen-bond acceptors (Lipinski definition) is 6. The molecule has 0 aliphatic heterocycles. The van der Waals surface area contributed by atoms with Gasteiger partial charge >= 0.3 is 5.97 Å². The first-order chi connectivity index (χ1) is 12.0. The second-order valence-electron chi connectivity index (χ2n) is 5.54. The van der Waals surface area contributed by atoms with Gasteiger partial charge in [-0.25, -0.2) is 0 Å². The van der Waals surface area contributed by atoms with E-state index < -0.39 is 5.97 Å². The van der Waals surface area contributed by atoms with Gasteiger partial charge in [0, 0.05) is 18.1 Å². The van der Waals surface area contributed by atoms with Crippen molar-refractivity contribution in [2.45, 2.75) is 13.5 Å². The highest BCUT2D eigenvalue weighted by molar-refractivity contribution is 6.30. The van der Waals surface area contributed by atoms with Crippen molar-refractivity contribution in [3.8, 4) is 11.5 Å². The molecule has 0 N–H and O–H groups in total. The minimum Gasteiger partial charge on any atom is -0.496 e. The Labute approximate surface area is 144 Å². The predicted octanol–water partition coefficient (Wildman–Crippen LogP) is 2.54. The summed E-state index contributed by atoms with van der Waals surface area (Å²) in [5.41, 5.74) is 1.50. The Balaban J connectivity index is 2.18. The SMILES string of the molecule is COc1cccc2c1C(=O)c1c(OC)cc(COC(C)=O)cc1C2=O. The van der Waals surface area contributed by atoms with Crippen molar-refractivity contribution in [2.75, 3.05) is 14.2 Å². The van der Waals surface area contributed by atoms with Crippen LogP contribution in [0.2, 0.25) is 0 Å². The van der Waals surface area contributed by atoms with Gasteiger partial charge in [-0.15, -0.1) is 0 Å². The molecule has 0 amide bonds. The minimum absolute atomic E-state index is 0.00852. The van der Waals surface area contributed by atoms with Crippen LogP contribution in [0.25, 0.3) is 0 Å². The van der Waals surface area contributed by atoms with Crippen LogP contribution >= 0.6 is 0 Å². The summed E-state index contributed by atoms with van der Waals surface area (Å²) in [6.45, 7) is 1.29. The van der Waals surface area contributed by atoms with Crippen molar-refractivity contribution in [2.24, 2.45) is 0 Å². The molecule has 6 nitrogen and oxygen atoms in total. The zero-order valence-corrected chi connectivity index (χ0v) is 14.0. The molecule has 6 heteroatoms. The number of esters is 1. The monoisotopic (exact) mass is 340 g/mol. The summed E-state index contributed by atoms with van der Waals surface area (Å²) >= 11 is 0. The third kappa shape index (κ3) is 2.76. The van der Waals surface area contributed by atoms with Gasteiger partial charge in [-0.1, -0.05) is 12.1 Å². The molecule has 128 valence electrons. The van der Waals surface area contributed by atoms with Crippen LogP contribution in [0.5, 0.6) is 11.5 Å². The van der Waals surface area contributed by atoms with Crippen molar-refractivity contribution in [3.05, 3.63) is 58.1 Å². The van der Waals surface area contributed by atoms with Crippen LogP contribution in [0.15, 0.2) is 30.3 Å². The van der Waals surface area contributed by atoms with E-state index in [1.165, 1.54) is 21.1 Å². The lowest BCUT2D eigenvalue weighted by molar-refractivity contribution is -0.142. The first-order valence-electron chi connectivity index (χ1n) is 7.58. The smallest absolute Gasteiger partial charge is 0.302 e. The number of hydrogen-bond donors (Lipinski definition) is 0. The predicted molar refractivity (Wildman–Crippen MR) is 88.3 cm³/mol. The molecule has 0 unspecified atom stereocenters. The van der Waals surface area contributed by atoms with Gasteiger partial charge in [-0.2, -0.15) is 0 Å². The van der Waals surface area contributed by atoms with E-state index in [1.54, 1.807) is 30.3 Å². The highest BCUT2D eigenvalue weighted by Gasteiger charge is 2.35. The van der Waals surface area contributed by atoms with E-state index >= 15 is 0 Å². The fourth-order valence-corrected chi connectivity index (χ4v) is 2.91. The Bertz CT molecular complexity index is 897. The van der Waals surface area contributed by atoms with Gasteiger partial charge in [0.2, 0.25) is 5.78 Å². The molecule has 0 fully saturated rings. The normalized spacial score (nSPS) is 12.3. The highest BCUT2D eigenvalue weighted by Crippen LogP contribution is 2.38. The highest BCUT2D eigenvalue weighted by atomic mass is 16.5. The van der Waals surface area contributed by atoms with E-state index in [0.29, 0.717) is 11.3 Å². The van der Waals surface area contributed by atoms with E-state index in [9.17, 15) is 14.4 Å². The lowest BCUT2D eigenvalue weighted by Crippen LogP contribution is -2.23. The number of methoxy groups -OCH3 is 2. The van der Waals surface area contributed by atoms with Crippen molar-refractivity contribution in [1.29, 1.82) is 0 Å². The summed E-state index contributed by atoms with van der Waals surface area (Å²) in [7, 11) is 2.86. The first-order valence-corrected chi connectivity index (χ1v) is 7.58. The molecular weight excluding hydrogens is 324 g/mol. The maximum Gasteiger partial charge on any atom is 0.302 e. The zero-order valence-electron chi connectivity index (χ0n) is 14.0. The van der Waals surface area contributed by atoms with Gasteiger partial charge in [0.05, 0.1) is 25.3 Å². The molecule has 0 radical (unpaired) electrons. The summed E-state index contributed by atoms with van der Waals surface area (Å²) in [4.78, 5) is 36.9. The van der Waals surface area contributed by atoms with E-state index in [2.05, 4.69) is 0 Å². The second-order valence-corrected chi connectivity index (χ2v) is 5.54. The number of rotatable bonds is 4.